The SMILES string of the molecule is COc1ccc(F)cc1-c1ccc2nc(C3CCN(CCC(C)(C)C)CC3)nn2c1. The minimum atomic E-state index is -0.289. The van der Waals surface area contributed by atoms with E-state index < -0.39 is 0 Å². The largest absolute Gasteiger partial charge is 0.496 e. The lowest BCUT2D eigenvalue weighted by Gasteiger charge is -2.32. The number of ether oxygens (including phenoxy) is 1. The molecule has 6 heteroatoms. The third-order valence-corrected chi connectivity index (χ3v) is 5.95. The Balaban J connectivity index is 1.49. The molecule has 0 unspecified atom stereocenters. The van der Waals surface area contributed by atoms with Crippen LogP contribution in [0.4, 0.5) is 4.39 Å². The number of fused-ring (bicyclic) bond motifs is 1. The average Bonchev–Trinajstić information content (AvgIpc) is 3.15. The van der Waals surface area contributed by atoms with Gasteiger partial charge in [-0.15, -0.1) is 0 Å². The van der Waals surface area contributed by atoms with Crippen molar-refractivity contribution in [3.8, 4) is 16.9 Å². The molecule has 1 aliphatic rings. The molecule has 3 aromatic rings. The Kier molecular flexibility index (Phi) is 5.78. The van der Waals surface area contributed by atoms with Crippen LogP contribution in [0.5, 0.6) is 5.75 Å². The van der Waals surface area contributed by atoms with Gasteiger partial charge in [-0.25, -0.2) is 13.9 Å². The van der Waals surface area contributed by atoms with Crippen LogP contribution in [0.15, 0.2) is 36.5 Å². The normalized spacial score (nSPS) is 16.3. The second-order valence-electron chi connectivity index (χ2n) is 9.46. The smallest absolute Gasteiger partial charge is 0.155 e. The summed E-state index contributed by atoms with van der Waals surface area (Å²) in [6, 6.07) is 8.43. The molecule has 2 aromatic heterocycles. The number of nitrogens with zero attached hydrogens (tertiary/aromatic N) is 4. The van der Waals surface area contributed by atoms with E-state index in [0.717, 1.165) is 49.5 Å². The first-order chi connectivity index (χ1) is 14.3. The van der Waals surface area contributed by atoms with Gasteiger partial charge in [0.15, 0.2) is 11.5 Å². The maximum absolute atomic E-state index is 13.8. The highest BCUT2D eigenvalue weighted by atomic mass is 19.1. The van der Waals surface area contributed by atoms with Crippen molar-refractivity contribution in [2.75, 3.05) is 26.7 Å². The second-order valence-corrected chi connectivity index (χ2v) is 9.46. The van der Waals surface area contributed by atoms with Crippen LogP contribution in [-0.4, -0.2) is 46.2 Å². The predicted octanol–water partition coefficient (Wildman–Crippen LogP) is 5.16. The van der Waals surface area contributed by atoms with Crippen LogP contribution >= 0.6 is 0 Å². The molecule has 0 radical (unpaired) electrons. The lowest BCUT2D eigenvalue weighted by atomic mass is 9.91. The summed E-state index contributed by atoms with van der Waals surface area (Å²) in [6.45, 7) is 10.3. The third-order valence-electron chi connectivity index (χ3n) is 5.95. The van der Waals surface area contributed by atoms with E-state index in [4.69, 9.17) is 14.8 Å². The number of pyridine rings is 1. The van der Waals surface area contributed by atoms with Gasteiger partial charge >= 0.3 is 0 Å². The van der Waals surface area contributed by atoms with Crippen molar-refractivity contribution in [3.63, 3.8) is 0 Å². The van der Waals surface area contributed by atoms with Crippen molar-refractivity contribution >= 4 is 5.65 Å². The van der Waals surface area contributed by atoms with Gasteiger partial charge in [-0.1, -0.05) is 20.8 Å². The molecule has 0 saturated carbocycles. The Morgan fingerprint density at radius 2 is 1.90 bits per heavy atom. The molecule has 1 aliphatic heterocycles. The molecule has 0 atom stereocenters. The molecule has 0 spiro atoms. The lowest BCUT2D eigenvalue weighted by molar-refractivity contribution is 0.182. The van der Waals surface area contributed by atoms with Gasteiger partial charge in [0, 0.05) is 23.2 Å². The zero-order chi connectivity index (χ0) is 21.3. The third kappa shape index (κ3) is 4.64. The standard InChI is InChI=1S/C24H31FN4O/c1-24(2,3)11-14-28-12-9-17(10-13-28)23-26-22-8-5-18(16-29(22)27-23)20-15-19(25)6-7-21(20)30-4/h5-8,15-17H,9-14H2,1-4H3. The van der Waals surface area contributed by atoms with Crippen LogP contribution in [-0.2, 0) is 0 Å². The Bertz CT molecular complexity index is 1020. The summed E-state index contributed by atoms with van der Waals surface area (Å²) in [5, 5.41) is 4.76. The van der Waals surface area contributed by atoms with E-state index in [1.165, 1.54) is 18.6 Å². The van der Waals surface area contributed by atoms with Crippen LogP contribution in [0.3, 0.4) is 0 Å². The summed E-state index contributed by atoms with van der Waals surface area (Å²) < 4.78 is 21.0. The maximum atomic E-state index is 13.8. The zero-order valence-electron chi connectivity index (χ0n) is 18.4. The highest BCUT2D eigenvalue weighted by molar-refractivity contribution is 5.71. The van der Waals surface area contributed by atoms with Gasteiger partial charge in [0.25, 0.3) is 0 Å². The van der Waals surface area contributed by atoms with Crippen molar-refractivity contribution in [1.29, 1.82) is 0 Å². The number of piperidine rings is 1. The van der Waals surface area contributed by atoms with Crippen LogP contribution in [0.1, 0.15) is 51.8 Å². The summed E-state index contributed by atoms with van der Waals surface area (Å²) >= 11 is 0. The van der Waals surface area contributed by atoms with Gasteiger partial charge in [0.2, 0.25) is 0 Å². The van der Waals surface area contributed by atoms with E-state index in [0.29, 0.717) is 22.6 Å². The number of aromatic nitrogens is 3. The maximum Gasteiger partial charge on any atom is 0.155 e. The molecule has 1 aromatic carbocycles. The minimum Gasteiger partial charge on any atom is -0.496 e. The van der Waals surface area contributed by atoms with E-state index in [1.54, 1.807) is 17.7 Å². The first-order valence-electron chi connectivity index (χ1n) is 10.7. The molecule has 1 fully saturated rings. The second kappa shape index (κ2) is 8.34. The number of benzene rings is 1. The van der Waals surface area contributed by atoms with E-state index >= 15 is 0 Å². The van der Waals surface area contributed by atoms with Crippen molar-refractivity contribution < 1.29 is 9.13 Å². The number of hydrogen-bond acceptors (Lipinski definition) is 4. The molecule has 0 bridgehead atoms. The van der Waals surface area contributed by atoms with Gasteiger partial charge in [-0.05, 0) is 74.6 Å². The first kappa shape index (κ1) is 20.8. The van der Waals surface area contributed by atoms with Gasteiger partial charge in [-0.3, -0.25) is 0 Å². The molecule has 0 aliphatic carbocycles. The Morgan fingerprint density at radius 3 is 2.60 bits per heavy atom. The fourth-order valence-electron chi connectivity index (χ4n) is 4.05. The fourth-order valence-corrected chi connectivity index (χ4v) is 4.05. The van der Waals surface area contributed by atoms with E-state index in [1.807, 2.05) is 18.3 Å². The van der Waals surface area contributed by atoms with Crippen LogP contribution in [0, 0.1) is 11.2 Å². The molecule has 3 heterocycles. The lowest BCUT2D eigenvalue weighted by Crippen LogP contribution is -2.35. The summed E-state index contributed by atoms with van der Waals surface area (Å²) in [4.78, 5) is 7.33. The summed E-state index contributed by atoms with van der Waals surface area (Å²) in [6.07, 6.45) is 5.30. The quantitative estimate of drug-likeness (QED) is 0.583. The van der Waals surface area contributed by atoms with Crippen LogP contribution < -0.4 is 4.74 Å². The molecule has 0 N–H and O–H groups in total. The predicted molar refractivity (Wildman–Crippen MR) is 117 cm³/mol. The average molecular weight is 411 g/mol. The summed E-state index contributed by atoms with van der Waals surface area (Å²) in [5.74, 6) is 1.65. The Morgan fingerprint density at radius 1 is 1.13 bits per heavy atom. The highest BCUT2D eigenvalue weighted by Gasteiger charge is 2.25. The minimum absolute atomic E-state index is 0.289. The summed E-state index contributed by atoms with van der Waals surface area (Å²) in [7, 11) is 1.59. The number of rotatable bonds is 5. The number of methoxy groups -OCH3 is 1. The van der Waals surface area contributed by atoms with Crippen molar-refractivity contribution in [1.82, 2.24) is 19.5 Å². The Hall–Kier alpha value is -2.47. The van der Waals surface area contributed by atoms with Crippen molar-refractivity contribution in [2.45, 2.75) is 46.0 Å². The topological polar surface area (TPSA) is 42.7 Å². The van der Waals surface area contributed by atoms with Crippen molar-refractivity contribution in [2.24, 2.45) is 5.41 Å². The molecule has 30 heavy (non-hydrogen) atoms. The van der Waals surface area contributed by atoms with Gasteiger partial charge < -0.3 is 9.64 Å². The molecule has 0 amide bonds. The van der Waals surface area contributed by atoms with Gasteiger partial charge in [0.05, 0.1) is 7.11 Å². The van der Waals surface area contributed by atoms with E-state index in [2.05, 4.69) is 25.7 Å². The number of hydrogen-bond donors (Lipinski definition) is 0. The first-order valence-corrected chi connectivity index (χ1v) is 10.7. The zero-order valence-corrected chi connectivity index (χ0v) is 18.4. The van der Waals surface area contributed by atoms with Crippen LogP contribution in [0.2, 0.25) is 0 Å². The number of halogens is 1. The van der Waals surface area contributed by atoms with Crippen molar-refractivity contribution in [3.05, 3.63) is 48.2 Å². The van der Waals surface area contributed by atoms with Gasteiger partial charge in [0.1, 0.15) is 11.6 Å². The van der Waals surface area contributed by atoms with Gasteiger partial charge in [-0.2, -0.15) is 5.10 Å². The molecule has 4 rings (SSSR count). The summed E-state index contributed by atoms with van der Waals surface area (Å²) in [5.41, 5.74) is 2.76. The number of likely N-dealkylation sites (tertiary alicyclic amines) is 1. The molecular weight excluding hydrogens is 379 g/mol. The van der Waals surface area contributed by atoms with E-state index in [9.17, 15) is 4.39 Å². The van der Waals surface area contributed by atoms with E-state index in [-0.39, 0.29) is 5.82 Å². The molecule has 1 saturated heterocycles. The fraction of sp³-hybridized carbons (Fsp3) is 0.500. The Labute approximate surface area is 177 Å². The monoisotopic (exact) mass is 410 g/mol. The molecule has 5 nitrogen and oxygen atoms in total. The molecular formula is C24H31FN4O. The van der Waals surface area contributed by atoms with Crippen LogP contribution in [0.25, 0.3) is 16.8 Å². The highest BCUT2D eigenvalue weighted by Crippen LogP contribution is 2.32. The molecule has 160 valence electrons.